The third-order valence-corrected chi connectivity index (χ3v) is 4.28. The quantitative estimate of drug-likeness (QED) is 0.793. The Balaban J connectivity index is 2.11. The molecule has 0 aliphatic rings. The van der Waals surface area contributed by atoms with Gasteiger partial charge in [-0.15, -0.1) is 0 Å². The number of rotatable bonds is 8. The lowest BCUT2D eigenvalue weighted by Crippen LogP contribution is -2.50. The average molecular weight is 352 g/mol. The number of benzene rings is 2. The third-order valence-electron chi connectivity index (χ3n) is 4.28. The van der Waals surface area contributed by atoms with Gasteiger partial charge in [-0.05, 0) is 38.3 Å². The predicted molar refractivity (Wildman–Crippen MR) is 105 cm³/mol. The molecule has 4 heteroatoms. The van der Waals surface area contributed by atoms with Gasteiger partial charge in [-0.25, -0.2) is 0 Å². The largest absolute Gasteiger partial charge is 0.352 e. The summed E-state index contributed by atoms with van der Waals surface area (Å²) in [6.45, 7) is 6.16. The second-order valence-corrected chi connectivity index (χ2v) is 6.82. The summed E-state index contributed by atoms with van der Waals surface area (Å²) in [5.41, 5.74) is 2.11. The third kappa shape index (κ3) is 6.03. The molecule has 0 aliphatic carbocycles. The van der Waals surface area contributed by atoms with Crippen molar-refractivity contribution in [1.29, 1.82) is 0 Å². The fourth-order valence-corrected chi connectivity index (χ4v) is 2.85. The Hall–Kier alpha value is -2.62. The zero-order chi connectivity index (χ0) is 18.9. The molecule has 0 saturated carbocycles. The highest BCUT2D eigenvalue weighted by molar-refractivity contribution is 5.88. The molecule has 2 aromatic rings. The fraction of sp³-hybridized carbons (Fsp3) is 0.364. The number of carbonyl (C=O) groups is 2. The van der Waals surface area contributed by atoms with Crippen molar-refractivity contribution in [3.63, 3.8) is 0 Å². The van der Waals surface area contributed by atoms with Gasteiger partial charge >= 0.3 is 0 Å². The van der Waals surface area contributed by atoms with Crippen LogP contribution in [0, 0.1) is 0 Å². The maximum Gasteiger partial charge on any atom is 0.242 e. The van der Waals surface area contributed by atoms with E-state index in [0.29, 0.717) is 13.0 Å². The number of hydrogen-bond donors (Lipinski definition) is 1. The van der Waals surface area contributed by atoms with Gasteiger partial charge in [-0.1, -0.05) is 60.7 Å². The first kappa shape index (κ1) is 19.7. The number of nitrogens with one attached hydrogen (secondary N) is 1. The van der Waals surface area contributed by atoms with Crippen molar-refractivity contribution < 1.29 is 9.59 Å². The highest BCUT2D eigenvalue weighted by Crippen LogP contribution is 2.10. The molecule has 2 amide bonds. The van der Waals surface area contributed by atoms with Crippen LogP contribution in [0.3, 0.4) is 0 Å². The van der Waals surface area contributed by atoms with Crippen molar-refractivity contribution in [1.82, 2.24) is 10.2 Å². The molecule has 1 atom stereocenters. The zero-order valence-corrected chi connectivity index (χ0v) is 15.8. The van der Waals surface area contributed by atoms with E-state index >= 15 is 0 Å². The van der Waals surface area contributed by atoms with Crippen LogP contribution in [0.5, 0.6) is 0 Å². The first-order chi connectivity index (χ1) is 12.5. The minimum absolute atomic E-state index is 0.0291. The van der Waals surface area contributed by atoms with E-state index in [1.165, 1.54) is 0 Å². The molecule has 0 heterocycles. The summed E-state index contributed by atoms with van der Waals surface area (Å²) in [5, 5.41) is 2.91. The van der Waals surface area contributed by atoms with Gasteiger partial charge in [0, 0.05) is 12.6 Å². The molecule has 2 aromatic carbocycles. The van der Waals surface area contributed by atoms with Gasteiger partial charge in [0.15, 0.2) is 0 Å². The van der Waals surface area contributed by atoms with Crippen LogP contribution in [0.2, 0.25) is 0 Å². The van der Waals surface area contributed by atoms with Gasteiger partial charge in [0.05, 0.1) is 6.42 Å². The number of amides is 2. The number of hydrogen-bond acceptors (Lipinski definition) is 2. The minimum atomic E-state index is -0.502. The molecule has 0 fully saturated rings. The second-order valence-electron chi connectivity index (χ2n) is 6.82. The Kier molecular flexibility index (Phi) is 7.39. The monoisotopic (exact) mass is 352 g/mol. The lowest BCUT2D eigenvalue weighted by atomic mass is 10.1. The molecule has 26 heavy (non-hydrogen) atoms. The number of nitrogens with zero attached hydrogens (tertiary/aromatic N) is 1. The first-order valence-corrected chi connectivity index (χ1v) is 9.15. The van der Waals surface area contributed by atoms with Crippen LogP contribution in [-0.4, -0.2) is 35.3 Å². The van der Waals surface area contributed by atoms with Crippen molar-refractivity contribution >= 4 is 11.8 Å². The van der Waals surface area contributed by atoms with Crippen LogP contribution in [-0.2, 0) is 22.4 Å². The molecule has 0 aliphatic heterocycles. The van der Waals surface area contributed by atoms with Gasteiger partial charge < -0.3 is 10.2 Å². The van der Waals surface area contributed by atoms with Crippen LogP contribution in [0.1, 0.15) is 31.9 Å². The van der Waals surface area contributed by atoms with Crippen LogP contribution < -0.4 is 5.32 Å². The highest BCUT2D eigenvalue weighted by Gasteiger charge is 2.26. The van der Waals surface area contributed by atoms with E-state index in [1.54, 1.807) is 11.8 Å². The Labute approximate surface area is 156 Å². The van der Waals surface area contributed by atoms with E-state index < -0.39 is 6.04 Å². The summed E-state index contributed by atoms with van der Waals surface area (Å²) in [6, 6.07) is 19.2. The summed E-state index contributed by atoms with van der Waals surface area (Å²) in [7, 11) is 0. The van der Waals surface area contributed by atoms with E-state index in [2.05, 4.69) is 5.32 Å². The lowest BCUT2D eigenvalue weighted by Gasteiger charge is -2.29. The standard InChI is InChI=1S/C22H28N2O2/c1-17(2)23-22(26)18(3)24(15-14-19-10-6-4-7-11-19)21(25)16-20-12-8-5-9-13-20/h4-13,17-18H,14-16H2,1-3H3,(H,23,26)/t18-/m1/s1. The SMILES string of the molecule is CC(C)NC(=O)[C@@H](C)N(CCc1ccccc1)C(=O)Cc1ccccc1. The molecule has 0 spiro atoms. The molecule has 4 nitrogen and oxygen atoms in total. The molecule has 138 valence electrons. The van der Waals surface area contributed by atoms with Crippen LogP contribution in [0.4, 0.5) is 0 Å². The summed E-state index contributed by atoms with van der Waals surface area (Å²) >= 11 is 0. The average Bonchev–Trinajstić information content (AvgIpc) is 2.63. The van der Waals surface area contributed by atoms with E-state index in [4.69, 9.17) is 0 Å². The summed E-state index contributed by atoms with van der Waals surface area (Å²) in [6.07, 6.45) is 1.02. The fourth-order valence-electron chi connectivity index (χ4n) is 2.85. The number of carbonyl (C=O) groups excluding carboxylic acids is 2. The first-order valence-electron chi connectivity index (χ1n) is 9.15. The van der Waals surface area contributed by atoms with Crippen molar-refractivity contribution in [2.45, 2.75) is 45.7 Å². The van der Waals surface area contributed by atoms with Crippen molar-refractivity contribution in [3.8, 4) is 0 Å². The highest BCUT2D eigenvalue weighted by atomic mass is 16.2. The van der Waals surface area contributed by atoms with Crippen molar-refractivity contribution in [2.75, 3.05) is 6.54 Å². The maximum atomic E-state index is 12.9. The van der Waals surface area contributed by atoms with Crippen molar-refractivity contribution in [2.24, 2.45) is 0 Å². The zero-order valence-electron chi connectivity index (χ0n) is 15.8. The lowest BCUT2D eigenvalue weighted by molar-refractivity contribution is -0.139. The van der Waals surface area contributed by atoms with Gasteiger partial charge in [0.2, 0.25) is 11.8 Å². The summed E-state index contributed by atoms with van der Waals surface area (Å²) < 4.78 is 0. The normalized spacial score (nSPS) is 11.8. The van der Waals surface area contributed by atoms with E-state index in [-0.39, 0.29) is 17.9 Å². The topological polar surface area (TPSA) is 49.4 Å². The Bertz CT molecular complexity index is 699. The van der Waals surface area contributed by atoms with Gasteiger partial charge in [-0.2, -0.15) is 0 Å². The molecule has 0 unspecified atom stereocenters. The molecular weight excluding hydrogens is 324 g/mol. The molecule has 0 saturated heterocycles. The minimum Gasteiger partial charge on any atom is -0.352 e. The Morgan fingerprint density at radius 1 is 0.885 bits per heavy atom. The molecular formula is C22H28N2O2. The van der Waals surface area contributed by atoms with Gasteiger partial charge in [-0.3, -0.25) is 9.59 Å². The molecule has 1 N–H and O–H groups in total. The maximum absolute atomic E-state index is 12.9. The van der Waals surface area contributed by atoms with E-state index in [9.17, 15) is 9.59 Å². The Morgan fingerprint density at radius 2 is 1.42 bits per heavy atom. The van der Waals surface area contributed by atoms with Gasteiger partial charge in [0.25, 0.3) is 0 Å². The predicted octanol–water partition coefficient (Wildman–Crippen LogP) is 3.21. The second kappa shape index (κ2) is 9.76. The smallest absolute Gasteiger partial charge is 0.242 e. The summed E-state index contributed by atoms with van der Waals surface area (Å²) in [4.78, 5) is 27.1. The summed E-state index contributed by atoms with van der Waals surface area (Å²) in [5.74, 6) is -0.145. The Morgan fingerprint density at radius 3 is 1.96 bits per heavy atom. The molecule has 2 rings (SSSR count). The molecule has 0 aromatic heterocycles. The van der Waals surface area contributed by atoms with Crippen LogP contribution in [0.15, 0.2) is 60.7 Å². The van der Waals surface area contributed by atoms with Crippen molar-refractivity contribution in [3.05, 3.63) is 71.8 Å². The van der Waals surface area contributed by atoms with Crippen LogP contribution >= 0.6 is 0 Å². The van der Waals surface area contributed by atoms with Gasteiger partial charge in [0.1, 0.15) is 6.04 Å². The van der Waals surface area contributed by atoms with E-state index in [1.807, 2.05) is 74.5 Å². The van der Waals surface area contributed by atoms with E-state index in [0.717, 1.165) is 17.5 Å². The molecule has 0 radical (unpaired) electrons. The van der Waals surface area contributed by atoms with Crippen LogP contribution in [0.25, 0.3) is 0 Å². The molecule has 0 bridgehead atoms.